The second-order valence-corrected chi connectivity index (χ2v) is 10.3. The molecule has 0 radical (unpaired) electrons. The molecule has 1 aromatic heterocycles. The standard InChI is InChI=1S/C28H40N4O8/c1-3-4-10-30(11-5-9-29)25(35)16-31-15-19(18-13-21(38-2)27-22(14-18)39-17-40-27)26(28(36)37)20(31)8-12-32-23(33)6-7-24(32)34/h6-7,13-14,19-20,26,33-34H,3-5,8-12,15-17,29H2,1-2H3,(H,36,37)/t19-,20+,26?/m1/s1. The van der Waals surface area contributed by atoms with Gasteiger partial charge in [-0.25, -0.2) is 0 Å². The molecule has 0 bridgehead atoms. The van der Waals surface area contributed by atoms with Crippen LogP contribution in [0.2, 0.25) is 0 Å². The van der Waals surface area contributed by atoms with Crippen molar-refractivity contribution in [3.63, 3.8) is 0 Å². The zero-order chi connectivity index (χ0) is 28.8. The van der Waals surface area contributed by atoms with Crippen LogP contribution in [0.5, 0.6) is 29.0 Å². The van der Waals surface area contributed by atoms with Gasteiger partial charge in [-0.1, -0.05) is 13.3 Å². The van der Waals surface area contributed by atoms with Crippen molar-refractivity contribution in [1.29, 1.82) is 0 Å². The number of carbonyl (C=O) groups is 2. The second kappa shape index (κ2) is 13.1. The lowest BCUT2D eigenvalue weighted by atomic mass is 9.84. The minimum absolute atomic E-state index is 0.0462. The summed E-state index contributed by atoms with van der Waals surface area (Å²) < 4.78 is 17.9. The van der Waals surface area contributed by atoms with Crippen molar-refractivity contribution >= 4 is 11.9 Å². The number of aromatic hydroxyl groups is 2. The number of carboxylic acid groups (broad SMARTS) is 1. The monoisotopic (exact) mass is 560 g/mol. The number of likely N-dealkylation sites (tertiary alicyclic amines) is 1. The molecule has 5 N–H and O–H groups in total. The maximum Gasteiger partial charge on any atom is 0.308 e. The number of nitrogens with two attached hydrogens (primary N) is 1. The average Bonchev–Trinajstić information content (AvgIpc) is 3.64. The molecule has 1 aromatic carbocycles. The van der Waals surface area contributed by atoms with Crippen LogP contribution in [0, 0.1) is 5.92 Å². The molecule has 0 spiro atoms. The minimum Gasteiger partial charge on any atom is -0.494 e. The predicted molar refractivity (Wildman–Crippen MR) is 146 cm³/mol. The molecule has 1 fully saturated rings. The Morgan fingerprint density at radius 3 is 2.52 bits per heavy atom. The fourth-order valence-corrected chi connectivity index (χ4v) is 5.76. The molecule has 2 aliphatic rings. The number of benzene rings is 1. The first kappa shape index (κ1) is 29.3. The number of aromatic nitrogens is 1. The fraction of sp³-hybridized carbons (Fsp3) is 0.571. The summed E-state index contributed by atoms with van der Waals surface area (Å²) in [7, 11) is 1.51. The molecule has 3 heterocycles. The van der Waals surface area contributed by atoms with Crippen LogP contribution < -0.4 is 19.9 Å². The van der Waals surface area contributed by atoms with E-state index in [4.69, 9.17) is 19.9 Å². The smallest absolute Gasteiger partial charge is 0.308 e. The van der Waals surface area contributed by atoms with Gasteiger partial charge in [0.05, 0.1) is 19.6 Å². The quantitative estimate of drug-likeness (QED) is 0.270. The second-order valence-electron chi connectivity index (χ2n) is 10.3. The van der Waals surface area contributed by atoms with Crippen molar-refractivity contribution in [2.75, 3.05) is 46.6 Å². The van der Waals surface area contributed by atoms with Crippen molar-refractivity contribution in [2.45, 2.75) is 51.1 Å². The Kier molecular flexibility index (Phi) is 9.64. The zero-order valence-corrected chi connectivity index (χ0v) is 23.1. The molecule has 12 heteroatoms. The Bertz CT molecular complexity index is 1160. The number of amides is 1. The normalized spacial score (nSPS) is 20.1. The van der Waals surface area contributed by atoms with Crippen LogP contribution >= 0.6 is 0 Å². The Balaban J connectivity index is 1.65. The number of nitrogens with zero attached hydrogens (tertiary/aromatic N) is 3. The van der Waals surface area contributed by atoms with Crippen molar-refractivity contribution in [1.82, 2.24) is 14.4 Å². The van der Waals surface area contributed by atoms with Gasteiger partial charge >= 0.3 is 5.97 Å². The Morgan fingerprint density at radius 1 is 1.15 bits per heavy atom. The number of aliphatic carboxylic acids is 1. The highest BCUT2D eigenvalue weighted by atomic mass is 16.7. The lowest BCUT2D eigenvalue weighted by Gasteiger charge is -2.30. The van der Waals surface area contributed by atoms with Crippen molar-refractivity contribution in [3.8, 4) is 29.0 Å². The highest BCUT2D eigenvalue weighted by Crippen LogP contribution is 2.47. The number of carboxylic acids is 1. The van der Waals surface area contributed by atoms with Crippen LogP contribution in [0.25, 0.3) is 0 Å². The number of rotatable bonds is 14. The molecule has 0 aliphatic carbocycles. The van der Waals surface area contributed by atoms with Gasteiger partial charge in [0.25, 0.3) is 0 Å². The average molecular weight is 561 g/mol. The van der Waals surface area contributed by atoms with Gasteiger partial charge in [-0.15, -0.1) is 0 Å². The van der Waals surface area contributed by atoms with Crippen LogP contribution in [-0.2, 0) is 16.1 Å². The Morgan fingerprint density at radius 2 is 1.88 bits per heavy atom. The maximum absolute atomic E-state index is 13.5. The lowest BCUT2D eigenvalue weighted by molar-refractivity contribution is -0.144. The molecule has 4 rings (SSSR count). The topological polar surface area (TPSA) is 160 Å². The highest BCUT2D eigenvalue weighted by molar-refractivity contribution is 5.79. The van der Waals surface area contributed by atoms with Gasteiger partial charge in [0, 0.05) is 50.3 Å². The molecule has 40 heavy (non-hydrogen) atoms. The Labute approximate surface area is 233 Å². The van der Waals surface area contributed by atoms with Gasteiger partial charge in [-0.2, -0.15) is 0 Å². The van der Waals surface area contributed by atoms with E-state index in [1.165, 1.54) is 23.8 Å². The summed E-state index contributed by atoms with van der Waals surface area (Å²) in [5.74, 6) is -1.23. The number of ether oxygens (including phenoxy) is 3. The minimum atomic E-state index is -0.992. The van der Waals surface area contributed by atoms with Crippen LogP contribution in [0.3, 0.4) is 0 Å². The highest BCUT2D eigenvalue weighted by Gasteiger charge is 2.47. The summed E-state index contributed by atoms with van der Waals surface area (Å²) in [4.78, 5) is 30.1. The van der Waals surface area contributed by atoms with E-state index in [1.54, 1.807) is 12.1 Å². The van der Waals surface area contributed by atoms with Gasteiger partial charge in [0.2, 0.25) is 18.4 Å². The third-order valence-corrected chi connectivity index (χ3v) is 7.83. The molecule has 2 aliphatic heterocycles. The van der Waals surface area contributed by atoms with Gasteiger partial charge < -0.3 is 40.2 Å². The first-order valence-corrected chi connectivity index (χ1v) is 13.8. The number of hydrogen-bond acceptors (Lipinski definition) is 9. The van der Waals surface area contributed by atoms with Gasteiger partial charge in [-0.05, 0) is 43.5 Å². The summed E-state index contributed by atoms with van der Waals surface area (Å²) in [6, 6.07) is 5.77. The van der Waals surface area contributed by atoms with E-state index in [-0.39, 0.29) is 44.0 Å². The summed E-state index contributed by atoms with van der Waals surface area (Å²) in [5, 5.41) is 30.8. The number of unbranched alkanes of at least 4 members (excludes halogenated alkanes) is 1. The van der Waals surface area contributed by atoms with E-state index in [0.717, 1.165) is 12.8 Å². The molecule has 1 amide bonds. The SMILES string of the molecule is CCCCN(CCCN)C(=O)CN1C[C@H](c2cc(OC)c3c(c2)OCO3)C(C(=O)O)[C@@H]1CCn1c(O)ccc1O. The third kappa shape index (κ3) is 6.23. The lowest BCUT2D eigenvalue weighted by Crippen LogP contribution is -2.45. The molecule has 2 aromatic rings. The number of fused-ring (bicyclic) bond motifs is 1. The summed E-state index contributed by atoms with van der Waals surface area (Å²) in [5.41, 5.74) is 6.43. The van der Waals surface area contributed by atoms with Crippen LogP contribution in [-0.4, -0.2) is 94.2 Å². The Hall–Kier alpha value is -3.64. The number of carbonyl (C=O) groups excluding carboxylic acids is 1. The van der Waals surface area contributed by atoms with Gasteiger partial charge in [0.1, 0.15) is 0 Å². The van der Waals surface area contributed by atoms with E-state index in [0.29, 0.717) is 55.4 Å². The molecule has 12 nitrogen and oxygen atoms in total. The molecular weight excluding hydrogens is 520 g/mol. The number of methoxy groups -OCH3 is 1. The molecule has 3 atom stereocenters. The van der Waals surface area contributed by atoms with E-state index in [9.17, 15) is 24.9 Å². The summed E-state index contributed by atoms with van der Waals surface area (Å²) in [6.07, 6.45) is 2.78. The van der Waals surface area contributed by atoms with Crippen molar-refractivity contribution in [2.24, 2.45) is 11.7 Å². The molecule has 0 saturated carbocycles. The van der Waals surface area contributed by atoms with E-state index >= 15 is 0 Å². The van der Waals surface area contributed by atoms with Crippen LogP contribution in [0.1, 0.15) is 44.1 Å². The fourth-order valence-electron chi connectivity index (χ4n) is 5.76. The van der Waals surface area contributed by atoms with Gasteiger partial charge in [0.15, 0.2) is 23.3 Å². The van der Waals surface area contributed by atoms with E-state index in [1.807, 2.05) is 9.80 Å². The predicted octanol–water partition coefficient (Wildman–Crippen LogP) is 2.17. The zero-order valence-electron chi connectivity index (χ0n) is 23.1. The molecule has 220 valence electrons. The van der Waals surface area contributed by atoms with Crippen LogP contribution in [0.4, 0.5) is 0 Å². The number of hydrogen-bond donors (Lipinski definition) is 4. The first-order valence-electron chi connectivity index (χ1n) is 13.8. The van der Waals surface area contributed by atoms with E-state index < -0.39 is 23.8 Å². The third-order valence-electron chi connectivity index (χ3n) is 7.83. The van der Waals surface area contributed by atoms with Gasteiger partial charge in [-0.3, -0.25) is 19.1 Å². The largest absolute Gasteiger partial charge is 0.494 e. The van der Waals surface area contributed by atoms with Crippen molar-refractivity contribution < 1.29 is 39.1 Å². The molecular formula is C28H40N4O8. The maximum atomic E-state index is 13.5. The molecule has 1 unspecified atom stereocenters. The first-order chi connectivity index (χ1) is 19.3. The molecule has 1 saturated heterocycles. The van der Waals surface area contributed by atoms with E-state index in [2.05, 4.69) is 6.92 Å². The summed E-state index contributed by atoms with van der Waals surface area (Å²) in [6.45, 7) is 4.29. The van der Waals surface area contributed by atoms with Crippen molar-refractivity contribution in [3.05, 3.63) is 29.8 Å². The summed E-state index contributed by atoms with van der Waals surface area (Å²) >= 11 is 0. The van der Waals surface area contributed by atoms with Crippen LogP contribution in [0.15, 0.2) is 24.3 Å².